The lowest BCUT2D eigenvalue weighted by atomic mass is 9.49. The van der Waals surface area contributed by atoms with Gasteiger partial charge in [0.15, 0.2) is 0 Å². The Morgan fingerprint density at radius 3 is 2.62 bits per heavy atom. The van der Waals surface area contributed by atoms with E-state index >= 15 is 0 Å². The zero-order valence-electron chi connectivity index (χ0n) is 15.6. The molecule has 0 aromatic heterocycles. The van der Waals surface area contributed by atoms with Gasteiger partial charge in [-0.1, -0.05) is 45.4 Å². The predicted octanol–water partition coefficient (Wildman–Crippen LogP) is 4.48. The third kappa shape index (κ3) is 2.40. The van der Waals surface area contributed by atoms with Gasteiger partial charge in [0, 0.05) is 0 Å². The molecule has 1 N–H and O–H groups in total. The SMILES string of the molecule is COC(=O)[C@]1(C)CCC[C@]2(C)c3ccc(C(C)C)cc3C(O)C[C@@H]12. The van der Waals surface area contributed by atoms with E-state index in [-0.39, 0.29) is 17.3 Å². The molecule has 1 unspecified atom stereocenters. The summed E-state index contributed by atoms with van der Waals surface area (Å²) in [6.07, 6.45) is 3.05. The smallest absolute Gasteiger partial charge is 0.311 e. The first-order valence-electron chi connectivity index (χ1n) is 9.15. The van der Waals surface area contributed by atoms with Crippen LogP contribution in [0.1, 0.15) is 82.1 Å². The molecular weight excluding hydrogens is 300 g/mol. The minimum Gasteiger partial charge on any atom is -0.469 e. The number of carbonyl (C=O) groups excluding carboxylic acids is 1. The minimum atomic E-state index is -0.517. The van der Waals surface area contributed by atoms with Crippen molar-refractivity contribution in [1.29, 1.82) is 0 Å². The number of methoxy groups -OCH3 is 1. The lowest BCUT2D eigenvalue weighted by molar-refractivity contribution is -0.162. The molecule has 4 atom stereocenters. The van der Waals surface area contributed by atoms with E-state index in [0.29, 0.717) is 12.3 Å². The monoisotopic (exact) mass is 330 g/mol. The van der Waals surface area contributed by atoms with E-state index in [1.54, 1.807) is 0 Å². The molecule has 0 bridgehead atoms. The summed E-state index contributed by atoms with van der Waals surface area (Å²) in [6, 6.07) is 6.56. The summed E-state index contributed by atoms with van der Waals surface area (Å²) in [7, 11) is 1.47. The zero-order chi connectivity index (χ0) is 17.7. The molecular formula is C21H30O3. The van der Waals surface area contributed by atoms with Crippen LogP contribution in [-0.4, -0.2) is 18.2 Å². The third-order valence-electron chi connectivity index (χ3n) is 6.76. The van der Waals surface area contributed by atoms with E-state index < -0.39 is 11.5 Å². The van der Waals surface area contributed by atoms with Gasteiger partial charge in [-0.25, -0.2) is 0 Å². The van der Waals surface area contributed by atoms with Crippen molar-refractivity contribution in [1.82, 2.24) is 0 Å². The number of hydrogen-bond donors (Lipinski definition) is 1. The molecule has 1 aromatic carbocycles. The second kappa shape index (κ2) is 5.87. The van der Waals surface area contributed by atoms with Crippen molar-refractivity contribution in [3.05, 3.63) is 34.9 Å². The van der Waals surface area contributed by atoms with E-state index in [4.69, 9.17) is 4.74 Å². The van der Waals surface area contributed by atoms with Crippen LogP contribution in [0.3, 0.4) is 0 Å². The van der Waals surface area contributed by atoms with Gasteiger partial charge in [0.2, 0.25) is 0 Å². The molecule has 0 aliphatic heterocycles. The van der Waals surface area contributed by atoms with Gasteiger partial charge in [0.1, 0.15) is 0 Å². The summed E-state index contributed by atoms with van der Waals surface area (Å²) in [6.45, 7) is 8.66. The van der Waals surface area contributed by atoms with Crippen LogP contribution in [-0.2, 0) is 14.9 Å². The van der Waals surface area contributed by atoms with E-state index in [1.807, 2.05) is 6.92 Å². The fraction of sp³-hybridized carbons (Fsp3) is 0.667. The van der Waals surface area contributed by atoms with Crippen molar-refractivity contribution < 1.29 is 14.6 Å². The van der Waals surface area contributed by atoms with Crippen molar-refractivity contribution in [3.8, 4) is 0 Å². The van der Waals surface area contributed by atoms with Crippen LogP contribution >= 0.6 is 0 Å². The Kier molecular flexibility index (Phi) is 4.28. The molecule has 1 saturated carbocycles. The average molecular weight is 330 g/mol. The van der Waals surface area contributed by atoms with Crippen LogP contribution in [0.4, 0.5) is 0 Å². The van der Waals surface area contributed by atoms with Gasteiger partial charge in [-0.15, -0.1) is 0 Å². The zero-order valence-corrected chi connectivity index (χ0v) is 15.6. The Balaban J connectivity index is 2.12. The molecule has 0 heterocycles. The van der Waals surface area contributed by atoms with Gasteiger partial charge in [0.25, 0.3) is 0 Å². The highest BCUT2D eigenvalue weighted by Crippen LogP contribution is 2.59. The normalized spacial score (nSPS) is 35.3. The molecule has 24 heavy (non-hydrogen) atoms. The van der Waals surface area contributed by atoms with Gasteiger partial charge in [-0.3, -0.25) is 4.79 Å². The second-order valence-corrected chi connectivity index (χ2v) is 8.49. The van der Waals surface area contributed by atoms with Crippen LogP contribution in [0.15, 0.2) is 18.2 Å². The Hall–Kier alpha value is -1.35. The lowest BCUT2D eigenvalue weighted by Gasteiger charge is -2.55. The number of aliphatic hydroxyl groups excluding tert-OH is 1. The van der Waals surface area contributed by atoms with Gasteiger partial charge < -0.3 is 9.84 Å². The molecule has 1 aromatic rings. The minimum absolute atomic E-state index is 0.0781. The third-order valence-corrected chi connectivity index (χ3v) is 6.76. The number of aliphatic hydroxyl groups is 1. The maximum Gasteiger partial charge on any atom is 0.311 e. The Morgan fingerprint density at radius 1 is 1.29 bits per heavy atom. The summed E-state index contributed by atoms with van der Waals surface area (Å²) in [4.78, 5) is 12.5. The van der Waals surface area contributed by atoms with Gasteiger partial charge in [-0.05, 0) is 60.1 Å². The highest BCUT2D eigenvalue weighted by atomic mass is 16.5. The topological polar surface area (TPSA) is 46.5 Å². The first kappa shape index (κ1) is 17.5. The summed E-state index contributed by atoms with van der Waals surface area (Å²) >= 11 is 0. The standard InChI is InChI=1S/C21H30O3/c1-13(2)14-7-8-16-15(11-14)17(22)12-18-20(16,3)9-6-10-21(18,4)19(23)24-5/h7-8,11,13,17-18,22H,6,9-10,12H2,1-5H3/t17?,18-,20-,21-/m1/s1. The quantitative estimate of drug-likeness (QED) is 0.813. The molecule has 0 saturated heterocycles. The van der Waals surface area contributed by atoms with Gasteiger partial charge in [0.05, 0.1) is 18.6 Å². The van der Waals surface area contributed by atoms with Crippen molar-refractivity contribution in [3.63, 3.8) is 0 Å². The summed E-state index contributed by atoms with van der Waals surface area (Å²) in [5.74, 6) is 0.422. The molecule has 1 fully saturated rings. The molecule has 2 aliphatic rings. The van der Waals surface area contributed by atoms with E-state index in [0.717, 1.165) is 24.8 Å². The van der Waals surface area contributed by atoms with Crippen LogP contribution in [0.5, 0.6) is 0 Å². The molecule has 2 aliphatic carbocycles. The summed E-state index contributed by atoms with van der Waals surface area (Å²) in [5.41, 5.74) is 2.96. The number of carbonyl (C=O) groups is 1. The Morgan fingerprint density at radius 2 is 2.00 bits per heavy atom. The maximum absolute atomic E-state index is 12.5. The summed E-state index contributed by atoms with van der Waals surface area (Å²) in [5, 5.41) is 10.9. The molecule has 0 radical (unpaired) electrons. The Labute approximate surface area is 145 Å². The molecule has 132 valence electrons. The summed E-state index contributed by atoms with van der Waals surface area (Å²) < 4.78 is 5.14. The first-order valence-corrected chi connectivity index (χ1v) is 9.15. The van der Waals surface area contributed by atoms with Crippen LogP contribution in [0, 0.1) is 11.3 Å². The van der Waals surface area contributed by atoms with Gasteiger partial charge in [-0.2, -0.15) is 0 Å². The van der Waals surface area contributed by atoms with Crippen molar-refractivity contribution in [2.75, 3.05) is 7.11 Å². The highest BCUT2D eigenvalue weighted by molar-refractivity contribution is 5.77. The van der Waals surface area contributed by atoms with Crippen LogP contribution < -0.4 is 0 Å². The van der Waals surface area contributed by atoms with Crippen molar-refractivity contribution in [2.24, 2.45) is 11.3 Å². The van der Waals surface area contributed by atoms with Gasteiger partial charge >= 0.3 is 5.97 Å². The average Bonchev–Trinajstić information content (AvgIpc) is 2.56. The number of ether oxygens (including phenoxy) is 1. The Bertz CT molecular complexity index is 650. The van der Waals surface area contributed by atoms with Crippen molar-refractivity contribution in [2.45, 2.75) is 70.8 Å². The van der Waals surface area contributed by atoms with E-state index in [1.165, 1.54) is 18.2 Å². The molecule has 0 spiro atoms. The van der Waals surface area contributed by atoms with Crippen LogP contribution in [0.25, 0.3) is 0 Å². The fourth-order valence-corrected chi connectivity index (χ4v) is 5.28. The second-order valence-electron chi connectivity index (χ2n) is 8.49. The number of esters is 1. The largest absolute Gasteiger partial charge is 0.469 e. The first-order chi connectivity index (χ1) is 11.2. The lowest BCUT2D eigenvalue weighted by Crippen LogP contribution is -2.53. The number of rotatable bonds is 2. The fourth-order valence-electron chi connectivity index (χ4n) is 5.28. The molecule has 3 heteroatoms. The van der Waals surface area contributed by atoms with E-state index in [9.17, 15) is 9.90 Å². The molecule has 3 nitrogen and oxygen atoms in total. The van der Waals surface area contributed by atoms with Crippen molar-refractivity contribution >= 4 is 5.97 Å². The molecule has 0 amide bonds. The maximum atomic E-state index is 12.5. The van der Waals surface area contributed by atoms with E-state index in [2.05, 4.69) is 39.0 Å². The predicted molar refractivity (Wildman–Crippen MR) is 94.9 cm³/mol. The number of benzene rings is 1. The number of hydrogen-bond acceptors (Lipinski definition) is 3. The highest BCUT2D eigenvalue weighted by Gasteiger charge is 2.57. The number of fused-ring (bicyclic) bond motifs is 3. The van der Waals surface area contributed by atoms with Crippen LogP contribution in [0.2, 0.25) is 0 Å². The molecule has 3 rings (SSSR count).